The largest absolute Gasteiger partial charge is 0.455 e. The van der Waals surface area contributed by atoms with Gasteiger partial charge >= 0.3 is 0 Å². The summed E-state index contributed by atoms with van der Waals surface area (Å²) in [4.78, 5) is 3.98. The molecule has 0 aliphatic carbocycles. The van der Waals surface area contributed by atoms with Gasteiger partial charge in [0, 0.05) is 18.3 Å². The van der Waals surface area contributed by atoms with Crippen molar-refractivity contribution in [3.63, 3.8) is 0 Å². The third-order valence-corrected chi connectivity index (χ3v) is 2.79. The van der Waals surface area contributed by atoms with E-state index in [9.17, 15) is 4.39 Å². The van der Waals surface area contributed by atoms with E-state index in [1.165, 1.54) is 6.07 Å². The third kappa shape index (κ3) is 4.03. The van der Waals surface area contributed by atoms with E-state index in [-0.39, 0.29) is 5.82 Å². The zero-order valence-corrected chi connectivity index (χ0v) is 11.8. The SMILES string of the molecule is CC(C)CNCc1c(F)cccc1Oc1cccnc1. The minimum Gasteiger partial charge on any atom is -0.455 e. The number of benzene rings is 1. The van der Waals surface area contributed by atoms with Crippen molar-refractivity contribution >= 4 is 0 Å². The Bertz CT molecular complexity index is 543. The molecule has 0 spiro atoms. The molecule has 1 N–H and O–H groups in total. The average Bonchev–Trinajstić information content (AvgIpc) is 2.43. The lowest BCUT2D eigenvalue weighted by molar-refractivity contribution is 0.455. The van der Waals surface area contributed by atoms with Gasteiger partial charge in [-0.15, -0.1) is 0 Å². The van der Waals surface area contributed by atoms with E-state index in [1.807, 2.05) is 0 Å². The Kier molecular flexibility index (Phi) is 5.07. The molecule has 20 heavy (non-hydrogen) atoms. The maximum atomic E-state index is 13.9. The summed E-state index contributed by atoms with van der Waals surface area (Å²) in [6.07, 6.45) is 3.28. The Labute approximate surface area is 118 Å². The highest BCUT2D eigenvalue weighted by Gasteiger charge is 2.10. The van der Waals surface area contributed by atoms with Gasteiger partial charge in [0.15, 0.2) is 0 Å². The van der Waals surface area contributed by atoms with Crippen LogP contribution in [0.2, 0.25) is 0 Å². The number of nitrogens with one attached hydrogen (secondary N) is 1. The van der Waals surface area contributed by atoms with Gasteiger partial charge in [-0.3, -0.25) is 4.98 Å². The molecule has 0 saturated carbocycles. The number of aromatic nitrogens is 1. The van der Waals surface area contributed by atoms with E-state index in [2.05, 4.69) is 24.1 Å². The molecule has 1 heterocycles. The van der Waals surface area contributed by atoms with Crippen molar-refractivity contribution in [3.05, 3.63) is 54.1 Å². The molecule has 3 nitrogen and oxygen atoms in total. The first-order valence-electron chi connectivity index (χ1n) is 6.73. The van der Waals surface area contributed by atoms with E-state index in [0.29, 0.717) is 29.5 Å². The maximum absolute atomic E-state index is 13.9. The first-order valence-corrected chi connectivity index (χ1v) is 6.73. The summed E-state index contributed by atoms with van der Waals surface area (Å²) in [5.74, 6) is 1.38. The van der Waals surface area contributed by atoms with Crippen LogP contribution in [0.15, 0.2) is 42.7 Å². The molecule has 1 aromatic heterocycles. The van der Waals surface area contributed by atoms with Crippen LogP contribution in [0.5, 0.6) is 11.5 Å². The molecule has 0 bridgehead atoms. The molecule has 2 rings (SSSR count). The molecule has 0 aliphatic rings. The summed E-state index contributed by atoms with van der Waals surface area (Å²) in [5, 5.41) is 3.23. The number of hydrogen-bond donors (Lipinski definition) is 1. The minimum absolute atomic E-state index is 0.261. The van der Waals surface area contributed by atoms with Crippen LogP contribution in [0.3, 0.4) is 0 Å². The van der Waals surface area contributed by atoms with Crippen LogP contribution in [-0.2, 0) is 6.54 Å². The van der Waals surface area contributed by atoms with Crippen molar-refractivity contribution in [2.75, 3.05) is 6.54 Å². The van der Waals surface area contributed by atoms with Crippen molar-refractivity contribution in [2.24, 2.45) is 5.92 Å². The van der Waals surface area contributed by atoms with Gasteiger partial charge in [-0.25, -0.2) is 4.39 Å². The molecule has 106 valence electrons. The second kappa shape index (κ2) is 7.01. The first kappa shape index (κ1) is 14.5. The van der Waals surface area contributed by atoms with Gasteiger partial charge in [-0.05, 0) is 36.7 Å². The van der Waals surface area contributed by atoms with E-state index in [4.69, 9.17) is 4.74 Å². The van der Waals surface area contributed by atoms with Crippen molar-refractivity contribution in [2.45, 2.75) is 20.4 Å². The number of halogens is 1. The summed E-state index contributed by atoms with van der Waals surface area (Å²) >= 11 is 0. The predicted octanol–water partition coefficient (Wildman–Crippen LogP) is 3.76. The van der Waals surface area contributed by atoms with Gasteiger partial charge in [0.1, 0.15) is 17.3 Å². The minimum atomic E-state index is -0.261. The third-order valence-electron chi connectivity index (χ3n) is 2.79. The molecular formula is C16H19FN2O. The molecule has 0 saturated heterocycles. The van der Waals surface area contributed by atoms with Gasteiger partial charge in [-0.1, -0.05) is 19.9 Å². The molecule has 4 heteroatoms. The van der Waals surface area contributed by atoms with E-state index < -0.39 is 0 Å². The molecule has 0 aliphatic heterocycles. The van der Waals surface area contributed by atoms with Crippen LogP contribution < -0.4 is 10.1 Å². The Hall–Kier alpha value is -1.94. The quantitative estimate of drug-likeness (QED) is 0.871. The fraction of sp³-hybridized carbons (Fsp3) is 0.312. The second-order valence-corrected chi connectivity index (χ2v) is 5.03. The lowest BCUT2D eigenvalue weighted by Crippen LogP contribution is -2.20. The van der Waals surface area contributed by atoms with E-state index >= 15 is 0 Å². The zero-order chi connectivity index (χ0) is 14.4. The van der Waals surface area contributed by atoms with Crippen molar-refractivity contribution in [3.8, 4) is 11.5 Å². The first-order chi connectivity index (χ1) is 9.66. The van der Waals surface area contributed by atoms with Crippen LogP contribution in [0.4, 0.5) is 4.39 Å². The fourth-order valence-corrected chi connectivity index (χ4v) is 1.83. The van der Waals surface area contributed by atoms with Gasteiger partial charge < -0.3 is 10.1 Å². The van der Waals surface area contributed by atoms with E-state index in [1.54, 1.807) is 36.7 Å². The van der Waals surface area contributed by atoms with Gasteiger partial charge in [-0.2, -0.15) is 0 Å². The normalized spacial score (nSPS) is 10.8. The molecular weight excluding hydrogens is 255 g/mol. The summed E-state index contributed by atoms with van der Waals surface area (Å²) < 4.78 is 19.6. The highest BCUT2D eigenvalue weighted by molar-refractivity contribution is 5.38. The maximum Gasteiger partial charge on any atom is 0.145 e. The fourth-order valence-electron chi connectivity index (χ4n) is 1.83. The lowest BCUT2D eigenvalue weighted by Gasteiger charge is -2.13. The average molecular weight is 274 g/mol. The molecule has 0 fully saturated rings. The van der Waals surface area contributed by atoms with Crippen LogP contribution in [-0.4, -0.2) is 11.5 Å². The summed E-state index contributed by atoms with van der Waals surface area (Å²) in [6.45, 7) is 5.50. The number of ether oxygens (including phenoxy) is 1. The van der Waals surface area contributed by atoms with Crippen LogP contribution in [0, 0.1) is 11.7 Å². The Morgan fingerprint density at radius 1 is 1.25 bits per heavy atom. The van der Waals surface area contributed by atoms with Crippen LogP contribution >= 0.6 is 0 Å². The monoisotopic (exact) mass is 274 g/mol. The number of hydrogen-bond acceptors (Lipinski definition) is 3. The molecule has 0 unspecified atom stereocenters. The second-order valence-electron chi connectivity index (χ2n) is 5.03. The van der Waals surface area contributed by atoms with Crippen molar-refractivity contribution in [1.29, 1.82) is 0 Å². The number of nitrogens with zero attached hydrogens (tertiary/aromatic N) is 1. The highest BCUT2D eigenvalue weighted by atomic mass is 19.1. The van der Waals surface area contributed by atoms with Crippen LogP contribution in [0.25, 0.3) is 0 Å². The Morgan fingerprint density at radius 2 is 2.10 bits per heavy atom. The summed E-state index contributed by atoms with van der Waals surface area (Å²) in [6, 6.07) is 8.44. The lowest BCUT2D eigenvalue weighted by atomic mass is 10.1. The molecule has 1 aromatic carbocycles. The number of rotatable bonds is 6. The Balaban J connectivity index is 2.13. The molecule has 0 radical (unpaired) electrons. The Morgan fingerprint density at radius 3 is 2.80 bits per heavy atom. The topological polar surface area (TPSA) is 34.1 Å². The van der Waals surface area contributed by atoms with Gasteiger partial charge in [0.05, 0.1) is 6.20 Å². The molecule has 0 atom stereocenters. The molecule has 2 aromatic rings. The number of pyridine rings is 1. The molecule has 0 amide bonds. The van der Waals surface area contributed by atoms with Crippen molar-refractivity contribution in [1.82, 2.24) is 10.3 Å². The van der Waals surface area contributed by atoms with Crippen LogP contribution in [0.1, 0.15) is 19.4 Å². The van der Waals surface area contributed by atoms with Gasteiger partial charge in [0.2, 0.25) is 0 Å². The van der Waals surface area contributed by atoms with Gasteiger partial charge in [0.25, 0.3) is 0 Å². The zero-order valence-electron chi connectivity index (χ0n) is 11.8. The smallest absolute Gasteiger partial charge is 0.145 e. The van der Waals surface area contributed by atoms with Crippen molar-refractivity contribution < 1.29 is 9.13 Å². The standard InChI is InChI=1S/C16H19FN2O/c1-12(2)9-19-11-14-15(17)6-3-7-16(14)20-13-5-4-8-18-10-13/h3-8,10,12,19H,9,11H2,1-2H3. The summed E-state index contributed by atoms with van der Waals surface area (Å²) in [7, 11) is 0. The van der Waals surface area contributed by atoms with E-state index in [0.717, 1.165) is 6.54 Å². The highest BCUT2D eigenvalue weighted by Crippen LogP contribution is 2.26. The predicted molar refractivity (Wildman–Crippen MR) is 77.3 cm³/mol. The summed E-state index contributed by atoms with van der Waals surface area (Å²) in [5.41, 5.74) is 0.539.